The molecule has 9 nitrogen and oxygen atoms in total. The Morgan fingerprint density at radius 3 is 2.47 bits per heavy atom. The van der Waals surface area contributed by atoms with Crippen molar-refractivity contribution < 1.29 is 33.7 Å². The lowest BCUT2D eigenvalue weighted by Crippen LogP contribution is -2.29. The maximum absolute atomic E-state index is 13.4. The summed E-state index contributed by atoms with van der Waals surface area (Å²) < 4.78 is 16.5. The van der Waals surface area contributed by atoms with Crippen molar-refractivity contribution in [3.8, 4) is 11.5 Å². The minimum atomic E-state index is -1.04. The molecule has 10 heteroatoms. The molecule has 1 aliphatic heterocycles. The molecular weight excluding hydrogens is 508 g/mol. The fourth-order valence-electron chi connectivity index (χ4n) is 4.16. The van der Waals surface area contributed by atoms with Gasteiger partial charge < -0.3 is 19.3 Å². The lowest BCUT2D eigenvalue weighted by Gasteiger charge is -2.24. The Labute approximate surface area is 224 Å². The van der Waals surface area contributed by atoms with Gasteiger partial charge in [0.2, 0.25) is 0 Å². The van der Waals surface area contributed by atoms with E-state index in [2.05, 4.69) is 4.98 Å². The Balaban J connectivity index is 1.93. The van der Waals surface area contributed by atoms with Crippen molar-refractivity contribution in [2.24, 2.45) is 0 Å². The molecule has 0 spiro atoms. The average Bonchev–Trinajstić information content (AvgIpc) is 3.44. The Bertz CT molecular complexity index is 1400. The average molecular weight is 537 g/mol. The topological polar surface area (TPSA) is 115 Å². The van der Waals surface area contributed by atoms with Gasteiger partial charge in [0, 0.05) is 5.56 Å². The number of nitrogens with zero attached hydrogens (tertiary/aromatic N) is 2. The van der Waals surface area contributed by atoms with Gasteiger partial charge in [0.25, 0.3) is 5.78 Å². The van der Waals surface area contributed by atoms with Crippen LogP contribution in [0.3, 0.4) is 0 Å². The first-order chi connectivity index (χ1) is 18.3. The number of carbonyl (C=O) groups excluding carboxylic acids is 3. The van der Waals surface area contributed by atoms with E-state index in [4.69, 9.17) is 14.2 Å². The lowest BCUT2D eigenvalue weighted by molar-refractivity contribution is -0.132. The second-order valence-corrected chi connectivity index (χ2v) is 9.40. The summed E-state index contributed by atoms with van der Waals surface area (Å²) in [6.45, 7) is 6.30. The molecule has 0 aliphatic carbocycles. The Morgan fingerprint density at radius 1 is 1.08 bits per heavy atom. The molecule has 1 fully saturated rings. The number of hydrogen-bond acceptors (Lipinski definition) is 9. The van der Waals surface area contributed by atoms with Crippen LogP contribution >= 0.6 is 11.3 Å². The number of aliphatic hydroxyl groups excluding tert-OH is 1. The number of benzene rings is 2. The molecule has 1 N–H and O–H groups in total. The van der Waals surface area contributed by atoms with Gasteiger partial charge in [-0.1, -0.05) is 54.7 Å². The molecule has 4 rings (SSSR count). The second-order valence-electron chi connectivity index (χ2n) is 8.43. The molecule has 2 aromatic carbocycles. The molecule has 1 aliphatic rings. The number of rotatable bonds is 9. The van der Waals surface area contributed by atoms with Crippen LogP contribution in [0, 0.1) is 6.92 Å². The molecular formula is C28H28N2O7S. The summed E-state index contributed by atoms with van der Waals surface area (Å²) in [5, 5.41) is 11.4. The van der Waals surface area contributed by atoms with Crippen LogP contribution in [-0.2, 0) is 14.3 Å². The third kappa shape index (κ3) is 4.99. The molecule has 1 atom stereocenters. The van der Waals surface area contributed by atoms with Crippen molar-refractivity contribution in [3.05, 3.63) is 75.8 Å². The van der Waals surface area contributed by atoms with Gasteiger partial charge in [-0.25, -0.2) is 9.78 Å². The number of methoxy groups -OCH3 is 1. The van der Waals surface area contributed by atoms with E-state index < -0.39 is 23.7 Å². The fourth-order valence-corrected chi connectivity index (χ4v) is 5.17. The summed E-state index contributed by atoms with van der Waals surface area (Å²) in [4.78, 5) is 44.9. The largest absolute Gasteiger partial charge is 0.507 e. The van der Waals surface area contributed by atoms with Crippen molar-refractivity contribution in [1.29, 1.82) is 0 Å². The Kier molecular flexibility index (Phi) is 8.11. The number of aryl methyl sites for hydroxylation is 1. The molecule has 198 valence electrons. The number of aliphatic hydroxyl groups is 1. The standard InChI is InChI=1S/C28H28N2O7S/c1-5-14-37-19-13-12-18(15-20(19)36-6-2)22-21(23(31)17-10-8-7-9-11-17)24(32)26(33)30(22)28-29-16(3)25(38-28)27(34)35-4/h7-13,15,22,31H,5-6,14H2,1-4H3/b23-21+. The maximum Gasteiger partial charge on any atom is 0.350 e. The zero-order valence-electron chi connectivity index (χ0n) is 21.5. The zero-order chi connectivity index (χ0) is 27.4. The van der Waals surface area contributed by atoms with Gasteiger partial charge in [0.1, 0.15) is 10.6 Å². The summed E-state index contributed by atoms with van der Waals surface area (Å²) in [6, 6.07) is 12.6. The number of thiazole rings is 1. The number of hydrogen-bond donors (Lipinski definition) is 1. The van der Waals surface area contributed by atoms with Crippen molar-refractivity contribution >= 4 is 39.9 Å². The third-order valence-corrected chi connectivity index (χ3v) is 7.04. The first-order valence-corrected chi connectivity index (χ1v) is 13.0. The fraction of sp³-hybridized carbons (Fsp3) is 0.286. The molecule has 3 aromatic rings. The van der Waals surface area contributed by atoms with E-state index in [1.165, 1.54) is 12.0 Å². The van der Waals surface area contributed by atoms with E-state index in [1.807, 2.05) is 13.8 Å². The molecule has 0 saturated carbocycles. The van der Waals surface area contributed by atoms with Crippen LogP contribution in [0.2, 0.25) is 0 Å². The smallest absolute Gasteiger partial charge is 0.350 e. The van der Waals surface area contributed by atoms with Crippen molar-refractivity contribution in [2.45, 2.75) is 33.2 Å². The normalized spacial score (nSPS) is 16.5. The predicted octanol–water partition coefficient (Wildman–Crippen LogP) is 5.05. The van der Waals surface area contributed by atoms with Gasteiger partial charge in [0.15, 0.2) is 16.6 Å². The van der Waals surface area contributed by atoms with Gasteiger partial charge in [-0.2, -0.15) is 0 Å². The van der Waals surface area contributed by atoms with E-state index >= 15 is 0 Å². The van der Waals surface area contributed by atoms with Crippen LogP contribution in [0.15, 0.2) is 54.1 Å². The van der Waals surface area contributed by atoms with Crippen LogP contribution in [0.25, 0.3) is 5.76 Å². The summed E-state index contributed by atoms with van der Waals surface area (Å²) in [7, 11) is 1.25. The van der Waals surface area contributed by atoms with Crippen molar-refractivity contribution in [1.82, 2.24) is 4.98 Å². The molecule has 2 heterocycles. The van der Waals surface area contributed by atoms with Crippen LogP contribution in [0.1, 0.15) is 52.8 Å². The van der Waals surface area contributed by atoms with Gasteiger partial charge in [-0.15, -0.1) is 0 Å². The number of carbonyl (C=O) groups is 3. The highest BCUT2D eigenvalue weighted by molar-refractivity contribution is 7.17. The van der Waals surface area contributed by atoms with Gasteiger partial charge in [0.05, 0.1) is 37.6 Å². The zero-order valence-corrected chi connectivity index (χ0v) is 22.3. The van der Waals surface area contributed by atoms with Gasteiger partial charge >= 0.3 is 11.9 Å². The molecule has 0 bridgehead atoms. The highest BCUT2D eigenvalue weighted by Crippen LogP contribution is 2.45. The predicted molar refractivity (Wildman–Crippen MR) is 143 cm³/mol. The van der Waals surface area contributed by atoms with Crippen LogP contribution in [0.4, 0.5) is 5.13 Å². The monoisotopic (exact) mass is 536 g/mol. The summed E-state index contributed by atoms with van der Waals surface area (Å²) >= 11 is 0.939. The number of ether oxygens (including phenoxy) is 3. The van der Waals surface area contributed by atoms with Crippen LogP contribution < -0.4 is 14.4 Å². The number of amides is 1. The van der Waals surface area contributed by atoms with E-state index in [9.17, 15) is 19.5 Å². The number of anilines is 1. The molecule has 1 saturated heterocycles. The van der Waals surface area contributed by atoms with Crippen LogP contribution in [-0.4, -0.2) is 48.1 Å². The summed E-state index contributed by atoms with van der Waals surface area (Å²) in [6.07, 6.45) is 0.802. The highest BCUT2D eigenvalue weighted by Gasteiger charge is 2.48. The summed E-state index contributed by atoms with van der Waals surface area (Å²) in [5.74, 6) is -1.69. The number of Topliss-reactive ketones (excluding diaryl/α,β-unsaturated/α-hetero) is 1. The maximum atomic E-state index is 13.4. The minimum absolute atomic E-state index is 0.0988. The second kappa shape index (κ2) is 11.5. The molecule has 1 aromatic heterocycles. The number of esters is 1. The molecule has 1 unspecified atom stereocenters. The van der Waals surface area contributed by atoms with Crippen molar-refractivity contribution in [2.75, 3.05) is 25.2 Å². The third-order valence-electron chi connectivity index (χ3n) is 5.90. The van der Waals surface area contributed by atoms with E-state index in [1.54, 1.807) is 55.5 Å². The van der Waals surface area contributed by atoms with Gasteiger partial charge in [-0.3, -0.25) is 14.5 Å². The molecule has 38 heavy (non-hydrogen) atoms. The van der Waals surface area contributed by atoms with E-state index in [-0.39, 0.29) is 21.3 Å². The number of ketones is 1. The minimum Gasteiger partial charge on any atom is -0.507 e. The van der Waals surface area contributed by atoms with E-state index in [0.29, 0.717) is 41.5 Å². The highest BCUT2D eigenvalue weighted by atomic mass is 32.1. The lowest BCUT2D eigenvalue weighted by atomic mass is 9.95. The Morgan fingerprint density at radius 2 is 1.82 bits per heavy atom. The van der Waals surface area contributed by atoms with Gasteiger partial charge in [-0.05, 0) is 38.0 Å². The van der Waals surface area contributed by atoms with E-state index in [0.717, 1.165) is 17.8 Å². The molecule has 0 radical (unpaired) electrons. The quantitative estimate of drug-likeness (QED) is 0.175. The Hall–Kier alpha value is -4.18. The van der Waals surface area contributed by atoms with Crippen molar-refractivity contribution in [3.63, 3.8) is 0 Å². The summed E-state index contributed by atoms with van der Waals surface area (Å²) in [5.41, 5.74) is 1.15. The van der Waals surface area contributed by atoms with Crippen LogP contribution in [0.5, 0.6) is 11.5 Å². The first-order valence-electron chi connectivity index (χ1n) is 12.1. The molecule has 1 amide bonds. The number of aromatic nitrogens is 1. The SMILES string of the molecule is CCCOc1ccc(C2/C(=C(\O)c3ccccc3)C(=O)C(=O)N2c2nc(C)c(C(=O)OC)s2)cc1OCC. The first kappa shape index (κ1) is 26.9.